The van der Waals surface area contributed by atoms with Crippen LogP contribution >= 0.6 is 22.6 Å². The van der Waals surface area contributed by atoms with Gasteiger partial charge in [0.2, 0.25) is 10.0 Å². The zero-order valence-corrected chi connectivity index (χ0v) is 14.7. The van der Waals surface area contributed by atoms with Crippen molar-refractivity contribution in [1.29, 1.82) is 0 Å². The third-order valence-corrected chi connectivity index (χ3v) is 5.53. The molecule has 0 aliphatic rings. The number of aromatic nitrogens is 1. The number of fused-ring (bicyclic) bond motifs is 1. The second kappa shape index (κ2) is 8.05. The van der Waals surface area contributed by atoms with Crippen LogP contribution in [0.3, 0.4) is 0 Å². The molecule has 0 amide bonds. The Bertz CT molecular complexity index is 684. The van der Waals surface area contributed by atoms with Crippen molar-refractivity contribution in [2.45, 2.75) is 30.6 Å². The van der Waals surface area contributed by atoms with Crippen LogP contribution in [-0.4, -0.2) is 24.4 Å². The van der Waals surface area contributed by atoms with E-state index in [-0.39, 0.29) is 0 Å². The van der Waals surface area contributed by atoms with Gasteiger partial charge in [-0.1, -0.05) is 41.5 Å². The fourth-order valence-corrected chi connectivity index (χ4v) is 3.99. The largest absolute Gasteiger partial charge is 0.256 e. The van der Waals surface area contributed by atoms with Gasteiger partial charge >= 0.3 is 0 Å². The Kier molecular flexibility index (Phi) is 6.38. The molecule has 0 unspecified atom stereocenters. The monoisotopic (exact) mass is 418 g/mol. The number of hydrogen-bond acceptors (Lipinski definition) is 3. The lowest BCUT2D eigenvalue weighted by Gasteiger charge is -2.09. The van der Waals surface area contributed by atoms with E-state index < -0.39 is 10.0 Å². The van der Waals surface area contributed by atoms with E-state index in [0.717, 1.165) is 23.7 Å². The lowest BCUT2D eigenvalue weighted by atomic mass is 10.2. The molecule has 0 fully saturated rings. The Hall–Kier alpha value is -0.730. The fraction of sp³-hybridized carbons (Fsp3) is 0.400. The topological polar surface area (TPSA) is 59.1 Å². The van der Waals surface area contributed by atoms with Gasteiger partial charge in [0.15, 0.2) is 0 Å². The van der Waals surface area contributed by atoms with Crippen LogP contribution < -0.4 is 4.72 Å². The lowest BCUT2D eigenvalue weighted by molar-refractivity contribution is 0.575. The molecule has 2 aromatic rings. The quantitative estimate of drug-likeness (QED) is 0.406. The zero-order chi connectivity index (χ0) is 15.1. The number of halogens is 1. The summed E-state index contributed by atoms with van der Waals surface area (Å²) < 4.78 is 28.6. The molecular formula is C15H19IN2O2S. The minimum atomic E-state index is -3.47. The normalized spacial score (nSPS) is 11.9. The summed E-state index contributed by atoms with van der Waals surface area (Å²) in [5, 5.41) is 0.664. The van der Waals surface area contributed by atoms with Crippen LogP contribution in [0.2, 0.25) is 0 Å². The predicted molar refractivity (Wildman–Crippen MR) is 94.3 cm³/mol. The maximum Gasteiger partial charge on any atom is 0.241 e. The summed E-state index contributed by atoms with van der Waals surface area (Å²) in [5.41, 5.74) is 0.697. The molecule has 0 spiro atoms. The lowest BCUT2D eigenvalue weighted by Crippen LogP contribution is -2.25. The molecule has 4 nitrogen and oxygen atoms in total. The van der Waals surface area contributed by atoms with Crippen molar-refractivity contribution in [3.63, 3.8) is 0 Å². The molecule has 2 rings (SSSR count). The second-order valence-electron chi connectivity index (χ2n) is 4.83. The Morgan fingerprint density at radius 1 is 1.05 bits per heavy atom. The van der Waals surface area contributed by atoms with Gasteiger partial charge in [-0.25, -0.2) is 13.1 Å². The summed E-state index contributed by atoms with van der Waals surface area (Å²) in [5.74, 6) is 0. The van der Waals surface area contributed by atoms with E-state index in [0.29, 0.717) is 22.3 Å². The van der Waals surface area contributed by atoms with Crippen molar-refractivity contribution in [1.82, 2.24) is 9.71 Å². The second-order valence-corrected chi connectivity index (χ2v) is 7.64. The molecule has 1 heterocycles. The van der Waals surface area contributed by atoms with E-state index in [1.807, 2.05) is 6.07 Å². The van der Waals surface area contributed by atoms with Gasteiger partial charge in [-0.05, 0) is 41.5 Å². The summed E-state index contributed by atoms with van der Waals surface area (Å²) in [6.45, 7) is 0.486. The molecule has 0 atom stereocenters. The average molecular weight is 418 g/mol. The third kappa shape index (κ3) is 4.62. The van der Waals surface area contributed by atoms with Crippen molar-refractivity contribution >= 4 is 43.5 Å². The highest BCUT2D eigenvalue weighted by atomic mass is 127. The molecule has 0 saturated carbocycles. The van der Waals surface area contributed by atoms with Crippen molar-refractivity contribution in [2.75, 3.05) is 11.0 Å². The molecule has 1 aromatic carbocycles. The van der Waals surface area contributed by atoms with Crippen molar-refractivity contribution in [3.05, 3.63) is 36.5 Å². The van der Waals surface area contributed by atoms with Crippen LogP contribution in [0.5, 0.6) is 0 Å². The van der Waals surface area contributed by atoms with Gasteiger partial charge in [0.1, 0.15) is 0 Å². The minimum absolute atomic E-state index is 0.306. The zero-order valence-electron chi connectivity index (χ0n) is 11.8. The van der Waals surface area contributed by atoms with Gasteiger partial charge in [0.25, 0.3) is 0 Å². The number of unbranched alkanes of at least 4 members (excludes halogenated alkanes) is 3. The van der Waals surface area contributed by atoms with Gasteiger partial charge in [-0.15, -0.1) is 0 Å². The third-order valence-electron chi connectivity index (χ3n) is 3.25. The molecule has 21 heavy (non-hydrogen) atoms. The highest BCUT2D eigenvalue weighted by Gasteiger charge is 2.16. The molecule has 0 aliphatic heterocycles. The SMILES string of the molecule is O=S(=O)(NCCCCCCI)c1cccc2ncccc12. The van der Waals surface area contributed by atoms with Crippen LogP contribution in [0.15, 0.2) is 41.4 Å². The van der Waals surface area contributed by atoms with Crippen LogP contribution in [0.4, 0.5) is 0 Å². The molecule has 0 radical (unpaired) electrons. The van der Waals surface area contributed by atoms with Gasteiger partial charge in [0.05, 0.1) is 10.4 Å². The first-order chi connectivity index (χ1) is 10.1. The number of pyridine rings is 1. The standard InChI is InChI=1S/C15H19IN2O2S/c16-10-3-1-2-4-12-18-21(19,20)15-9-5-8-14-13(15)7-6-11-17-14/h5-9,11,18H,1-4,10,12H2. The molecule has 1 N–H and O–H groups in total. The van der Waals surface area contributed by atoms with Gasteiger partial charge in [-0.2, -0.15) is 0 Å². The minimum Gasteiger partial charge on any atom is -0.256 e. The van der Waals surface area contributed by atoms with Gasteiger partial charge in [-0.3, -0.25) is 4.98 Å². The smallest absolute Gasteiger partial charge is 0.241 e. The number of benzene rings is 1. The summed E-state index contributed by atoms with van der Waals surface area (Å²) in [7, 11) is -3.47. The fourth-order valence-electron chi connectivity index (χ4n) is 2.17. The maximum atomic E-state index is 12.4. The van der Waals surface area contributed by atoms with Crippen LogP contribution in [0, 0.1) is 0 Å². The van der Waals surface area contributed by atoms with E-state index in [4.69, 9.17) is 0 Å². The predicted octanol–water partition coefficient (Wildman–Crippen LogP) is 3.51. The number of alkyl halides is 1. The van der Waals surface area contributed by atoms with Crippen molar-refractivity contribution in [2.24, 2.45) is 0 Å². The summed E-state index contributed by atoms with van der Waals surface area (Å²) in [6, 6.07) is 8.72. The summed E-state index contributed by atoms with van der Waals surface area (Å²) in [6.07, 6.45) is 5.95. The van der Waals surface area contributed by atoms with Crippen LogP contribution in [0.25, 0.3) is 10.9 Å². The molecule has 0 aliphatic carbocycles. The molecule has 6 heteroatoms. The Morgan fingerprint density at radius 2 is 1.86 bits per heavy atom. The number of sulfonamides is 1. The highest BCUT2D eigenvalue weighted by Crippen LogP contribution is 2.20. The van der Waals surface area contributed by atoms with Gasteiger partial charge in [0, 0.05) is 18.1 Å². The van der Waals surface area contributed by atoms with Crippen LogP contribution in [0.1, 0.15) is 25.7 Å². The number of rotatable bonds is 8. The number of nitrogens with zero attached hydrogens (tertiary/aromatic N) is 1. The van der Waals surface area contributed by atoms with E-state index >= 15 is 0 Å². The number of hydrogen-bond donors (Lipinski definition) is 1. The van der Waals surface area contributed by atoms with E-state index in [9.17, 15) is 8.42 Å². The first-order valence-electron chi connectivity index (χ1n) is 7.04. The molecule has 0 bridgehead atoms. The summed E-state index contributed by atoms with van der Waals surface area (Å²) in [4.78, 5) is 4.50. The van der Waals surface area contributed by atoms with E-state index in [1.54, 1.807) is 30.5 Å². The van der Waals surface area contributed by atoms with Crippen LogP contribution in [-0.2, 0) is 10.0 Å². The van der Waals surface area contributed by atoms with Crippen molar-refractivity contribution in [3.8, 4) is 0 Å². The van der Waals surface area contributed by atoms with Gasteiger partial charge < -0.3 is 0 Å². The highest BCUT2D eigenvalue weighted by molar-refractivity contribution is 14.1. The van der Waals surface area contributed by atoms with E-state index in [1.165, 1.54) is 6.42 Å². The number of nitrogens with one attached hydrogen (secondary N) is 1. The first-order valence-corrected chi connectivity index (χ1v) is 10.1. The molecule has 114 valence electrons. The Labute approximate surface area is 139 Å². The first kappa shape index (κ1) is 16.6. The molecular weight excluding hydrogens is 399 g/mol. The van der Waals surface area contributed by atoms with Crippen molar-refractivity contribution < 1.29 is 8.42 Å². The maximum absolute atomic E-state index is 12.4. The average Bonchev–Trinajstić information content (AvgIpc) is 2.50. The Balaban J connectivity index is 2.05. The molecule has 0 saturated heterocycles. The van der Waals surface area contributed by atoms with E-state index in [2.05, 4.69) is 32.3 Å². The Morgan fingerprint density at radius 3 is 2.67 bits per heavy atom. The summed E-state index contributed by atoms with van der Waals surface area (Å²) >= 11 is 2.36. The molecule has 1 aromatic heterocycles.